The van der Waals surface area contributed by atoms with Crippen LogP contribution < -0.4 is 10.6 Å². The van der Waals surface area contributed by atoms with Gasteiger partial charge in [0.15, 0.2) is 0 Å². The van der Waals surface area contributed by atoms with Gasteiger partial charge in [-0.2, -0.15) is 0 Å². The van der Waals surface area contributed by atoms with E-state index in [-0.39, 0.29) is 23.9 Å². The predicted octanol–water partition coefficient (Wildman–Crippen LogP) is 1.62. The van der Waals surface area contributed by atoms with Crippen LogP contribution in [0.3, 0.4) is 0 Å². The highest BCUT2D eigenvalue weighted by Gasteiger charge is 2.26. The Bertz CT molecular complexity index is 738. The van der Waals surface area contributed by atoms with E-state index in [0.29, 0.717) is 30.9 Å². The van der Waals surface area contributed by atoms with Gasteiger partial charge in [-0.3, -0.25) is 4.99 Å². The van der Waals surface area contributed by atoms with Crippen LogP contribution in [0.2, 0.25) is 0 Å². The molecule has 1 aliphatic rings. The summed E-state index contributed by atoms with van der Waals surface area (Å²) in [4.78, 5) is 33.8. The third-order valence-electron chi connectivity index (χ3n) is 3.87. The fourth-order valence-corrected chi connectivity index (χ4v) is 2.67. The summed E-state index contributed by atoms with van der Waals surface area (Å²) < 4.78 is 5.02. The predicted molar refractivity (Wildman–Crippen MR) is 98.4 cm³/mol. The average Bonchev–Trinajstić information content (AvgIpc) is 2.61. The highest BCUT2D eigenvalue weighted by atomic mass is 16.5. The number of carbonyl (C=O) groups is 2. The topological polar surface area (TPSA) is 118 Å². The minimum absolute atomic E-state index is 0.0538. The number of carboxylic acid groups (broad SMARTS) is 1. The molecule has 0 spiro atoms. The molecular formula is C18H24N4O4. The van der Waals surface area contributed by atoms with Crippen LogP contribution in [0.25, 0.3) is 0 Å². The van der Waals surface area contributed by atoms with Crippen molar-refractivity contribution in [2.45, 2.75) is 33.2 Å². The van der Waals surface area contributed by atoms with Crippen LogP contribution in [0.5, 0.6) is 0 Å². The number of aromatic carboxylic acids is 1. The number of ether oxygens (including phenoxy) is 1. The first-order chi connectivity index (χ1) is 12.3. The second-order valence-electron chi connectivity index (χ2n) is 6.16. The van der Waals surface area contributed by atoms with Crippen LogP contribution in [-0.4, -0.2) is 53.5 Å². The molecule has 0 bridgehead atoms. The summed E-state index contributed by atoms with van der Waals surface area (Å²) in [7, 11) is 0. The number of aromatic nitrogens is 1. The van der Waals surface area contributed by atoms with Gasteiger partial charge in [0.05, 0.1) is 12.2 Å². The van der Waals surface area contributed by atoms with Crippen molar-refractivity contribution in [2.75, 3.05) is 24.6 Å². The van der Waals surface area contributed by atoms with Crippen molar-refractivity contribution >= 4 is 23.5 Å². The Labute approximate surface area is 152 Å². The lowest BCUT2D eigenvalue weighted by atomic mass is 9.99. The number of hydrogen-bond donors (Lipinski definition) is 2. The van der Waals surface area contributed by atoms with Crippen LogP contribution in [-0.2, 0) is 9.53 Å². The van der Waals surface area contributed by atoms with Crippen molar-refractivity contribution in [3.63, 3.8) is 0 Å². The van der Waals surface area contributed by atoms with E-state index in [2.05, 4.69) is 9.98 Å². The van der Waals surface area contributed by atoms with Crippen LogP contribution in [0.4, 0.5) is 5.82 Å². The monoisotopic (exact) mass is 360 g/mol. The summed E-state index contributed by atoms with van der Waals surface area (Å²) in [5, 5.41) is 8.99. The van der Waals surface area contributed by atoms with Crippen molar-refractivity contribution < 1.29 is 19.4 Å². The molecule has 0 unspecified atom stereocenters. The van der Waals surface area contributed by atoms with E-state index in [9.17, 15) is 9.59 Å². The lowest BCUT2D eigenvalue weighted by Gasteiger charge is -2.31. The molecule has 0 aliphatic carbocycles. The lowest BCUT2D eigenvalue weighted by Crippen LogP contribution is -2.39. The summed E-state index contributed by atoms with van der Waals surface area (Å²) in [6.07, 6.45) is 1.92. The van der Waals surface area contributed by atoms with Crippen molar-refractivity contribution in [1.82, 2.24) is 4.98 Å². The van der Waals surface area contributed by atoms with Crippen molar-refractivity contribution in [2.24, 2.45) is 10.7 Å². The molecule has 1 aromatic heterocycles. The first-order valence-corrected chi connectivity index (χ1v) is 8.50. The van der Waals surface area contributed by atoms with E-state index >= 15 is 0 Å². The van der Waals surface area contributed by atoms with Gasteiger partial charge in [0.2, 0.25) is 0 Å². The quantitative estimate of drug-likeness (QED) is 0.605. The summed E-state index contributed by atoms with van der Waals surface area (Å²) in [6.45, 7) is 6.89. The number of nitrogens with zero attached hydrogens (tertiary/aromatic N) is 3. The number of pyridine rings is 1. The standard InChI is InChI=1S/C18H24N4O4/c1-4-26-18(25)16(19)13-10-22(8-7-14(13)21-11(2)3)15-6-5-12(9-20-15)17(23)24/h5-6,9,11H,4,7-8,10,19H2,1-3H3,(H,23,24)/b16-13-,21-14?. The van der Waals surface area contributed by atoms with Gasteiger partial charge in [0.25, 0.3) is 0 Å². The van der Waals surface area contributed by atoms with E-state index in [1.54, 1.807) is 13.0 Å². The number of anilines is 1. The fourth-order valence-electron chi connectivity index (χ4n) is 2.67. The number of hydrogen-bond acceptors (Lipinski definition) is 7. The van der Waals surface area contributed by atoms with E-state index in [0.717, 1.165) is 5.71 Å². The van der Waals surface area contributed by atoms with E-state index < -0.39 is 11.9 Å². The van der Waals surface area contributed by atoms with Gasteiger partial charge < -0.3 is 20.5 Å². The first kappa shape index (κ1) is 19.4. The van der Waals surface area contributed by atoms with E-state index in [1.807, 2.05) is 18.7 Å². The Kier molecular flexibility index (Phi) is 6.32. The maximum absolute atomic E-state index is 12.1. The van der Waals surface area contributed by atoms with Crippen LogP contribution in [0.15, 0.2) is 34.6 Å². The zero-order valence-electron chi connectivity index (χ0n) is 15.2. The second-order valence-corrected chi connectivity index (χ2v) is 6.16. The Balaban J connectivity index is 2.33. The number of piperidine rings is 1. The normalized spacial score (nSPS) is 18.2. The molecule has 0 aromatic carbocycles. The van der Waals surface area contributed by atoms with Crippen LogP contribution in [0.1, 0.15) is 37.6 Å². The van der Waals surface area contributed by atoms with Crippen LogP contribution >= 0.6 is 0 Å². The number of esters is 1. The average molecular weight is 360 g/mol. The molecule has 8 nitrogen and oxygen atoms in total. The third-order valence-corrected chi connectivity index (χ3v) is 3.87. The largest absolute Gasteiger partial charge is 0.478 e. The zero-order valence-corrected chi connectivity index (χ0v) is 15.2. The van der Waals surface area contributed by atoms with Crippen molar-refractivity contribution in [1.29, 1.82) is 0 Å². The molecular weight excluding hydrogens is 336 g/mol. The maximum Gasteiger partial charge on any atom is 0.354 e. The molecule has 140 valence electrons. The van der Waals surface area contributed by atoms with Crippen molar-refractivity contribution in [3.05, 3.63) is 35.2 Å². The highest BCUT2D eigenvalue weighted by molar-refractivity contribution is 6.08. The Morgan fingerprint density at radius 1 is 1.42 bits per heavy atom. The summed E-state index contributed by atoms with van der Waals surface area (Å²) in [6, 6.07) is 3.22. The maximum atomic E-state index is 12.1. The lowest BCUT2D eigenvalue weighted by molar-refractivity contribution is -0.138. The molecule has 2 heterocycles. The molecule has 1 saturated heterocycles. The molecule has 2 rings (SSSR count). The van der Waals surface area contributed by atoms with Gasteiger partial charge >= 0.3 is 11.9 Å². The van der Waals surface area contributed by atoms with E-state index in [4.69, 9.17) is 15.6 Å². The van der Waals surface area contributed by atoms with Gasteiger partial charge in [-0.15, -0.1) is 0 Å². The van der Waals surface area contributed by atoms with Gasteiger partial charge in [0, 0.05) is 43.0 Å². The Morgan fingerprint density at radius 2 is 2.15 bits per heavy atom. The van der Waals surface area contributed by atoms with E-state index in [1.165, 1.54) is 12.3 Å². The highest BCUT2D eigenvalue weighted by Crippen LogP contribution is 2.22. The van der Waals surface area contributed by atoms with Gasteiger partial charge in [0.1, 0.15) is 11.5 Å². The van der Waals surface area contributed by atoms with Gasteiger partial charge in [-0.25, -0.2) is 14.6 Å². The molecule has 0 saturated carbocycles. The number of aliphatic imine (C=N–C) groups is 1. The SMILES string of the molecule is CCOC(=O)/C(N)=C1\CN(c2ccc(C(=O)O)cn2)CCC1=NC(C)C. The number of carboxylic acids is 1. The molecule has 3 N–H and O–H groups in total. The third kappa shape index (κ3) is 4.59. The van der Waals surface area contributed by atoms with Gasteiger partial charge in [-0.1, -0.05) is 0 Å². The molecule has 8 heteroatoms. The number of nitrogens with two attached hydrogens (primary N) is 1. The van der Waals surface area contributed by atoms with Crippen LogP contribution in [0, 0.1) is 0 Å². The molecule has 1 aliphatic heterocycles. The van der Waals surface area contributed by atoms with Crippen molar-refractivity contribution in [3.8, 4) is 0 Å². The number of rotatable bonds is 5. The molecule has 0 radical (unpaired) electrons. The molecule has 0 amide bonds. The first-order valence-electron chi connectivity index (χ1n) is 8.50. The summed E-state index contributed by atoms with van der Waals surface area (Å²) in [5.41, 5.74) is 7.65. The summed E-state index contributed by atoms with van der Waals surface area (Å²) >= 11 is 0. The minimum atomic E-state index is -1.03. The molecule has 0 atom stereocenters. The summed E-state index contributed by atoms with van der Waals surface area (Å²) in [5.74, 6) is -0.969. The molecule has 26 heavy (non-hydrogen) atoms. The number of carbonyl (C=O) groups excluding carboxylic acids is 1. The smallest absolute Gasteiger partial charge is 0.354 e. The second kappa shape index (κ2) is 8.46. The molecule has 1 aromatic rings. The minimum Gasteiger partial charge on any atom is -0.478 e. The zero-order chi connectivity index (χ0) is 19.3. The Hall–Kier alpha value is -2.90. The Morgan fingerprint density at radius 3 is 2.69 bits per heavy atom. The molecule has 1 fully saturated rings. The fraction of sp³-hybridized carbons (Fsp3) is 0.444. The van der Waals surface area contributed by atoms with Gasteiger partial charge in [-0.05, 0) is 32.9 Å².